The van der Waals surface area contributed by atoms with Crippen molar-refractivity contribution in [1.29, 1.82) is 0 Å². The molecule has 0 bridgehead atoms. The molecule has 0 saturated heterocycles. The molecule has 0 N–H and O–H groups in total. The third kappa shape index (κ3) is 5.08. The Kier molecular flexibility index (Phi) is 6.45. The highest BCUT2D eigenvalue weighted by Gasteiger charge is 2.18. The first-order chi connectivity index (χ1) is 10.3. The van der Waals surface area contributed by atoms with Crippen LogP contribution in [-0.2, 0) is 14.3 Å². The van der Waals surface area contributed by atoms with Crippen molar-refractivity contribution in [2.24, 2.45) is 0 Å². The molecule has 0 aromatic heterocycles. The summed E-state index contributed by atoms with van der Waals surface area (Å²) >= 11 is 0. The van der Waals surface area contributed by atoms with Crippen LogP contribution < -0.4 is 14.2 Å². The van der Waals surface area contributed by atoms with Gasteiger partial charge in [-0.05, 0) is 37.8 Å². The molecular weight excluding hydrogens is 304 g/mol. The molecule has 7 heteroatoms. The highest BCUT2D eigenvalue weighted by atomic mass is 28.4. The summed E-state index contributed by atoms with van der Waals surface area (Å²) in [4.78, 5) is 16.4. The van der Waals surface area contributed by atoms with E-state index >= 15 is 0 Å². The average molecular weight is 326 g/mol. The van der Waals surface area contributed by atoms with Crippen molar-refractivity contribution < 1.29 is 28.5 Å². The van der Waals surface area contributed by atoms with Crippen LogP contribution in [-0.4, -0.2) is 35.6 Å². The van der Waals surface area contributed by atoms with Gasteiger partial charge in [0, 0.05) is 11.6 Å². The van der Waals surface area contributed by atoms with Gasteiger partial charge in [-0.25, -0.2) is 9.37 Å². The van der Waals surface area contributed by atoms with Gasteiger partial charge in [0.15, 0.2) is 11.5 Å². The Morgan fingerprint density at radius 2 is 1.64 bits per heavy atom. The lowest BCUT2D eigenvalue weighted by molar-refractivity contribution is -0.213. The van der Waals surface area contributed by atoms with Gasteiger partial charge < -0.3 is 19.1 Å². The fourth-order valence-electron chi connectivity index (χ4n) is 1.61. The Morgan fingerprint density at radius 3 is 2.14 bits per heavy atom. The first kappa shape index (κ1) is 18.1. The molecule has 1 aromatic rings. The van der Waals surface area contributed by atoms with E-state index in [0.717, 1.165) is 0 Å². The molecule has 0 aliphatic carbocycles. The number of hydrogen-bond acceptors (Lipinski definition) is 6. The van der Waals surface area contributed by atoms with E-state index < -0.39 is 14.3 Å². The Labute approximate surface area is 131 Å². The van der Waals surface area contributed by atoms with E-state index in [2.05, 4.69) is 0 Å². The van der Waals surface area contributed by atoms with Crippen LogP contribution in [0.4, 0.5) is 0 Å². The normalized spacial score (nSPS) is 11.4. The molecule has 0 radical (unpaired) electrons. The average Bonchev–Trinajstić information content (AvgIpc) is 2.48. The molecule has 0 spiro atoms. The maximum Gasteiger partial charge on any atom is 0.364 e. The summed E-state index contributed by atoms with van der Waals surface area (Å²) in [6.45, 7) is 5.75. The van der Waals surface area contributed by atoms with E-state index in [1.807, 2.05) is 19.6 Å². The van der Waals surface area contributed by atoms with Gasteiger partial charge >= 0.3 is 5.97 Å². The zero-order valence-electron chi connectivity index (χ0n) is 13.8. The van der Waals surface area contributed by atoms with Crippen LogP contribution in [0.1, 0.15) is 5.56 Å². The predicted octanol–water partition coefficient (Wildman–Crippen LogP) is 3.04. The van der Waals surface area contributed by atoms with E-state index in [-0.39, 0.29) is 0 Å². The molecule has 0 unspecified atom stereocenters. The lowest BCUT2D eigenvalue weighted by Crippen LogP contribution is -2.26. The first-order valence-corrected chi connectivity index (χ1v) is 10.1. The van der Waals surface area contributed by atoms with Crippen molar-refractivity contribution in [1.82, 2.24) is 0 Å². The number of benzene rings is 1. The summed E-state index contributed by atoms with van der Waals surface area (Å²) < 4.78 is 20.9. The highest BCUT2D eigenvalue weighted by Crippen LogP contribution is 2.40. The maximum atomic E-state index is 11.6. The second-order valence-corrected chi connectivity index (χ2v) is 9.75. The Hall–Kier alpha value is -1.99. The van der Waals surface area contributed by atoms with Crippen molar-refractivity contribution >= 4 is 20.4 Å². The second kappa shape index (κ2) is 7.86. The summed E-state index contributed by atoms with van der Waals surface area (Å²) in [6.07, 6.45) is 2.83. The lowest BCUT2D eigenvalue weighted by atomic mass is 10.1. The molecule has 22 heavy (non-hydrogen) atoms. The second-order valence-electron chi connectivity index (χ2n) is 5.35. The van der Waals surface area contributed by atoms with E-state index in [1.54, 1.807) is 18.2 Å². The van der Waals surface area contributed by atoms with Gasteiger partial charge in [0.2, 0.25) is 14.1 Å². The molecule has 0 fully saturated rings. The minimum absolute atomic E-state index is 0.457. The Bertz CT molecular complexity index is 548. The number of rotatable bonds is 7. The van der Waals surface area contributed by atoms with Crippen LogP contribution in [0.3, 0.4) is 0 Å². The fraction of sp³-hybridized carbons (Fsp3) is 0.400. The molecule has 0 heterocycles. The standard InChI is InChI=1S/C15H22O6Si/c1-17-12-9-7-11(14(18-2)15(12)19-3)8-10-13(16)20-21-22(4,5)6/h7-10H,1-6H3. The van der Waals surface area contributed by atoms with E-state index in [4.69, 9.17) is 23.7 Å². The van der Waals surface area contributed by atoms with Gasteiger partial charge in [-0.15, -0.1) is 0 Å². The minimum Gasteiger partial charge on any atom is -0.493 e. The van der Waals surface area contributed by atoms with Crippen LogP contribution in [0.2, 0.25) is 19.6 Å². The van der Waals surface area contributed by atoms with Crippen LogP contribution in [0.15, 0.2) is 18.2 Å². The van der Waals surface area contributed by atoms with Crippen molar-refractivity contribution in [3.05, 3.63) is 23.8 Å². The van der Waals surface area contributed by atoms with Gasteiger partial charge in [0.1, 0.15) is 0 Å². The van der Waals surface area contributed by atoms with Crippen molar-refractivity contribution in [2.45, 2.75) is 19.6 Å². The minimum atomic E-state index is -1.91. The molecule has 0 amide bonds. The summed E-state index contributed by atoms with van der Waals surface area (Å²) in [5, 5.41) is 0. The van der Waals surface area contributed by atoms with Gasteiger partial charge in [0.05, 0.1) is 21.3 Å². The number of ether oxygens (including phenoxy) is 3. The monoisotopic (exact) mass is 326 g/mol. The maximum absolute atomic E-state index is 11.6. The van der Waals surface area contributed by atoms with E-state index in [9.17, 15) is 4.79 Å². The number of methoxy groups -OCH3 is 3. The van der Waals surface area contributed by atoms with Crippen molar-refractivity contribution in [3.8, 4) is 17.2 Å². The number of carbonyl (C=O) groups is 1. The van der Waals surface area contributed by atoms with Crippen LogP contribution in [0.5, 0.6) is 17.2 Å². The Balaban J connectivity index is 2.93. The van der Waals surface area contributed by atoms with Crippen molar-refractivity contribution in [3.63, 3.8) is 0 Å². The topological polar surface area (TPSA) is 63.2 Å². The smallest absolute Gasteiger partial charge is 0.364 e. The van der Waals surface area contributed by atoms with Crippen molar-refractivity contribution in [2.75, 3.05) is 21.3 Å². The van der Waals surface area contributed by atoms with Crippen LogP contribution >= 0.6 is 0 Å². The summed E-state index contributed by atoms with van der Waals surface area (Å²) in [7, 11) is 2.66. The summed E-state index contributed by atoms with van der Waals surface area (Å²) in [5.74, 6) is 0.885. The lowest BCUT2D eigenvalue weighted by Gasteiger charge is -2.14. The zero-order valence-corrected chi connectivity index (χ0v) is 14.8. The highest BCUT2D eigenvalue weighted by molar-refractivity contribution is 6.69. The van der Waals surface area contributed by atoms with Gasteiger partial charge in [-0.2, -0.15) is 0 Å². The van der Waals surface area contributed by atoms with Gasteiger partial charge in [-0.1, -0.05) is 0 Å². The SMILES string of the molecule is COc1ccc(C=CC(=O)OO[Si](C)(C)C)c(OC)c1OC. The summed E-state index contributed by atoms with van der Waals surface area (Å²) in [6, 6.07) is 3.48. The Morgan fingerprint density at radius 1 is 1.00 bits per heavy atom. The van der Waals surface area contributed by atoms with Gasteiger partial charge in [-0.3, -0.25) is 0 Å². The predicted molar refractivity (Wildman–Crippen MR) is 85.7 cm³/mol. The molecular formula is C15H22O6Si. The molecule has 1 aromatic carbocycles. The zero-order chi connectivity index (χ0) is 16.8. The molecule has 0 atom stereocenters. The third-order valence-corrected chi connectivity index (χ3v) is 3.09. The number of carbonyl (C=O) groups excluding carboxylic acids is 1. The molecule has 1 rings (SSSR count). The largest absolute Gasteiger partial charge is 0.493 e. The van der Waals surface area contributed by atoms with Gasteiger partial charge in [0.25, 0.3) is 0 Å². The quantitative estimate of drug-likeness (QED) is 0.332. The first-order valence-electron chi connectivity index (χ1n) is 6.69. The van der Waals surface area contributed by atoms with E-state index in [1.165, 1.54) is 27.4 Å². The molecule has 122 valence electrons. The van der Waals surface area contributed by atoms with Crippen LogP contribution in [0.25, 0.3) is 6.08 Å². The third-order valence-electron chi connectivity index (χ3n) is 2.51. The van der Waals surface area contributed by atoms with E-state index in [0.29, 0.717) is 22.8 Å². The van der Waals surface area contributed by atoms with Crippen LogP contribution in [0, 0.1) is 0 Å². The summed E-state index contributed by atoms with van der Waals surface area (Å²) in [5.41, 5.74) is 0.658. The molecule has 0 aliphatic rings. The molecule has 0 aliphatic heterocycles. The number of hydrogen-bond donors (Lipinski definition) is 0. The molecule has 0 saturated carbocycles. The molecule has 6 nitrogen and oxygen atoms in total. The fourth-order valence-corrected chi connectivity index (χ4v) is 1.94.